The molecule has 5 heteroatoms. The van der Waals surface area contributed by atoms with E-state index in [0.717, 1.165) is 18.8 Å². The third-order valence-corrected chi connectivity index (χ3v) is 5.18. The molecular weight excluding hydrogens is 298 g/mol. The second-order valence-electron chi connectivity index (χ2n) is 6.28. The van der Waals surface area contributed by atoms with Gasteiger partial charge in [0.05, 0.1) is 6.61 Å². The molecule has 124 valence electrons. The van der Waals surface area contributed by atoms with Gasteiger partial charge in [0, 0.05) is 17.8 Å². The molecule has 0 amide bonds. The van der Waals surface area contributed by atoms with Gasteiger partial charge in [-0.1, -0.05) is 25.3 Å². The second kappa shape index (κ2) is 8.65. The van der Waals surface area contributed by atoms with Gasteiger partial charge in [0.25, 0.3) is 0 Å². The highest BCUT2D eigenvalue weighted by Gasteiger charge is 2.25. The van der Waals surface area contributed by atoms with Crippen molar-refractivity contribution in [1.82, 2.24) is 4.72 Å². The Kier molecular flexibility index (Phi) is 6.86. The molecule has 1 N–H and O–H groups in total. The van der Waals surface area contributed by atoms with Crippen LogP contribution in [0, 0.1) is 25.7 Å². The average Bonchev–Trinajstić information content (AvgIpc) is 2.49. The molecule has 1 saturated carbocycles. The van der Waals surface area contributed by atoms with Crippen molar-refractivity contribution in [3.05, 3.63) is 29.3 Å². The summed E-state index contributed by atoms with van der Waals surface area (Å²) in [5, 5.41) is 0. The molecule has 0 saturated heterocycles. The summed E-state index contributed by atoms with van der Waals surface area (Å²) in [6, 6.07) is 6.22. The summed E-state index contributed by atoms with van der Waals surface area (Å²) in [4.78, 5) is 0. The molecule has 0 bridgehead atoms. The molecule has 22 heavy (non-hydrogen) atoms. The van der Waals surface area contributed by atoms with Gasteiger partial charge in [-0.25, -0.2) is 4.72 Å². The van der Waals surface area contributed by atoms with Crippen LogP contribution in [0.4, 0.5) is 0 Å². The van der Waals surface area contributed by atoms with Crippen LogP contribution in [0.25, 0.3) is 0 Å². The van der Waals surface area contributed by atoms with E-state index in [4.69, 9.17) is 4.74 Å². The Morgan fingerprint density at radius 1 is 1.23 bits per heavy atom. The molecule has 1 fully saturated rings. The lowest BCUT2D eigenvalue weighted by Gasteiger charge is -2.31. The quantitative estimate of drug-likeness (QED) is 0.783. The number of hydrogen-bond donors (Lipinski definition) is 1. The third kappa shape index (κ3) is 5.38. The summed E-state index contributed by atoms with van der Waals surface area (Å²) < 4.78 is 29.6. The highest BCUT2D eigenvalue weighted by molar-refractivity contribution is 7.77. The van der Waals surface area contributed by atoms with Gasteiger partial charge in [0.1, 0.15) is 5.75 Å². The van der Waals surface area contributed by atoms with Crippen LogP contribution >= 0.6 is 0 Å². The van der Waals surface area contributed by atoms with E-state index in [9.17, 15) is 8.76 Å². The van der Waals surface area contributed by atoms with Gasteiger partial charge in [-0.05, 0) is 61.8 Å². The van der Waals surface area contributed by atoms with E-state index < -0.39 is 11.3 Å². The Morgan fingerprint density at radius 2 is 1.95 bits per heavy atom. The number of ether oxygens (including phenoxy) is 1. The summed E-state index contributed by atoms with van der Waals surface area (Å²) in [6.45, 7) is 5.46. The SMILES string of the molecule is Cc1ccc(OCC2CCCCC2CCNS(=O)[O-])cc1C. The van der Waals surface area contributed by atoms with Gasteiger partial charge >= 0.3 is 0 Å². The summed E-state index contributed by atoms with van der Waals surface area (Å²) in [5.74, 6) is 2.01. The van der Waals surface area contributed by atoms with Crippen molar-refractivity contribution in [2.45, 2.75) is 46.0 Å². The van der Waals surface area contributed by atoms with Crippen molar-refractivity contribution in [3.8, 4) is 5.75 Å². The van der Waals surface area contributed by atoms with Gasteiger partial charge < -0.3 is 9.29 Å². The maximum absolute atomic E-state index is 10.6. The minimum Gasteiger partial charge on any atom is -0.760 e. The van der Waals surface area contributed by atoms with Gasteiger partial charge in [-0.2, -0.15) is 0 Å². The summed E-state index contributed by atoms with van der Waals surface area (Å²) >= 11 is -2.15. The Hall–Kier alpha value is -0.910. The second-order valence-corrected chi connectivity index (χ2v) is 7.04. The zero-order valence-electron chi connectivity index (χ0n) is 13.5. The Balaban J connectivity index is 1.85. The van der Waals surface area contributed by atoms with Crippen LogP contribution < -0.4 is 9.46 Å². The molecule has 4 nitrogen and oxygen atoms in total. The predicted octanol–water partition coefficient (Wildman–Crippen LogP) is 3.26. The van der Waals surface area contributed by atoms with Crippen LogP contribution in [0.1, 0.15) is 43.2 Å². The van der Waals surface area contributed by atoms with Crippen LogP contribution in [0.5, 0.6) is 5.75 Å². The molecule has 0 aliphatic heterocycles. The van der Waals surface area contributed by atoms with Gasteiger partial charge in [-0.3, -0.25) is 4.21 Å². The largest absolute Gasteiger partial charge is 0.760 e. The molecule has 3 unspecified atom stereocenters. The topological polar surface area (TPSA) is 61.4 Å². The van der Waals surface area contributed by atoms with Crippen molar-refractivity contribution in [1.29, 1.82) is 0 Å². The summed E-state index contributed by atoms with van der Waals surface area (Å²) in [5.41, 5.74) is 2.53. The van der Waals surface area contributed by atoms with E-state index in [1.54, 1.807) is 0 Å². The minimum atomic E-state index is -2.15. The number of benzene rings is 1. The molecule has 0 aromatic heterocycles. The lowest BCUT2D eigenvalue weighted by molar-refractivity contribution is 0.143. The molecule has 1 aromatic rings. The van der Waals surface area contributed by atoms with Crippen molar-refractivity contribution in [2.75, 3.05) is 13.2 Å². The van der Waals surface area contributed by atoms with E-state index in [2.05, 4.69) is 30.7 Å². The molecule has 3 atom stereocenters. The zero-order valence-corrected chi connectivity index (χ0v) is 14.3. The maximum atomic E-state index is 10.6. The molecule has 1 aliphatic carbocycles. The first-order valence-corrected chi connectivity index (χ1v) is 9.16. The zero-order chi connectivity index (χ0) is 15.9. The Bertz CT molecular complexity index is 507. The lowest BCUT2D eigenvalue weighted by atomic mass is 9.78. The summed E-state index contributed by atoms with van der Waals surface area (Å²) in [6.07, 6.45) is 5.74. The van der Waals surface area contributed by atoms with Crippen molar-refractivity contribution in [3.63, 3.8) is 0 Å². The fourth-order valence-corrected chi connectivity index (χ4v) is 3.50. The first-order valence-electron chi connectivity index (χ1n) is 8.09. The standard InChI is InChI=1S/C17H27NO3S/c1-13-7-8-17(11-14(13)2)21-12-16-6-4-3-5-15(16)9-10-18-22(19)20/h7-8,11,15-16,18H,3-6,9-10,12H2,1-2H3,(H,19,20)/p-1. The number of nitrogens with one attached hydrogen (secondary N) is 1. The molecule has 0 radical (unpaired) electrons. The van der Waals surface area contributed by atoms with Crippen LogP contribution in [-0.2, 0) is 11.3 Å². The summed E-state index contributed by atoms with van der Waals surface area (Å²) in [7, 11) is 0. The van der Waals surface area contributed by atoms with Gasteiger partial charge in [0.15, 0.2) is 0 Å². The van der Waals surface area contributed by atoms with Gasteiger partial charge in [0.2, 0.25) is 0 Å². The molecule has 0 heterocycles. The van der Waals surface area contributed by atoms with Crippen molar-refractivity contribution in [2.24, 2.45) is 11.8 Å². The lowest BCUT2D eigenvalue weighted by Crippen LogP contribution is -2.29. The minimum absolute atomic E-state index is 0.525. The van der Waals surface area contributed by atoms with Crippen LogP contribution in [0.15, 0.2) is 18.2 Å². The van der Waals surface area contributed by atoms with E-state index >= 15 is 0 Å². The highest BCUT2D eigenvalue weighted by atomic mass is 32.2. The first kappa shape index (κ1) is 17.4. The van der Waals surface area contributed by atoms with Gasteiger partial charge in [-0.15, -0.1) is 0 Å². The molecular formula is C17H26NO3S-. The van der Waals surface area contributed by atoms with E-state index in [1.165, 1.54) is 36.8 Å². The molecule has 1 aromatic carbocycles. The fraction of sp³-hybridized carbons (Fsp3) is 0.647. The maximum Gasteiger partial charge on any atom is 0.119 e. The molecule has 2 rings (SSSR count). The third-order valence-electron chi connectivity index (χ3n) is 4.74. The normalized spacial score (nSPS) is 23.2. The number of rotatable bonds is 7. The van der Waals surface area contributed by atoms with E-state index in [1.807, 2.05) is 6.07 Å². The number of hydrogen-bond acceptors (Lipinski definition) is 3. The highest BCUT2D eigenvalue weighted by Crippen LogP contribution is 2.32. The van der Waals surface area contributed by atoms with E-state index in [0.29, 0.717) is 18.4 Å². The first-order chi connectivity index (χ1) is 10.6. The monoisotopic (exact) mass is 324 g/mol. The average molecular weight is 324 g/mol. The fourth-order valence-electron chi connectivity index (χ4n) is 3.22. The molecule has 1 aliphatic rings. The van der Waals surface area contributed by atoms with Crippen molar-refractivity contribution < 1.29 is 13.5 Å². The Morgan fingerprint density at radius 3 is 2.64 bits per heavy atom. The Labute approximate surface area is 136 Å². The van der Waals surface area contributed by atoms with Crippen molar-refractivity contribution >= 4 is 11.3 Å². The number of aryl methyl sites for hydroxylation is 2. The molecule has 0 spiro atoms. The van der Waals surface area contributed by atoms with Crippen LogP contribution in [-0.4, -0.2) is 21.9 Å². The van der Waals surface area contributed by atoms with Crippen LogP contribution in [0.3, 0.4) is 0 Å². The smallest absolute Gasteiger partial charge is 0.119 e. The van der Waals surface area contributed by atoms with Crippen LogP contribution in [0.2, 0.25) is 0 Å². The van der Waals surface area contributed by atoms with E-state index in [-0.39, 0.29) is 0 Å². The predicted molar refractivity (Wildman–Crippen MR) is 88.4 cm³/mol.